The zero-order chi connectivity index (χ0) is 19.9. The molecule has 2 unspecified atom stereocenters. The minimum atomic E-state index is 0. The largest absolute Gasteiger partial charge is 0.325 e. The monoisotopic (exact) mass is 403 g/mol. The number of nitrogens with two attached hydrogens (primary N) is 1. The molecule has 3 nitrogen and oxygen atoms in total. The Balaban J connectivity index is 0.000000339. The van der Waals surface area contributed by atoms with Gasteiger partial charge in [-0.25, -0.2) is 0 Å². The number of hydrogen-bond donors (Lipinski definition) is 3. The second-order valence-corrected chi connectivity index (χ2v) is 8.36. The fourth-order valence-corrected chi connectivity index (χ4v) is 3.30. The molecule has 3 rings (SSSR count). The van der Waals surface area contributed by atoms with E-state index in [2.05, 4.69) is 106 Å². The SMILES string of the molecule is CC(C)C(C)(N)C(C)C.Cl.c1ccc(C2NCCNC2c2ccccc2)cc1. The molecule has 156 valence electrons. The van der Waals surface area contributed by atoms with Crippen molar-refractivity contribution in [2.45, 2.75) is 52.2 Å². The fourth-order valence-electron chi connectivity index (χ4n) is 3.30. The van der Waals surface area contributed by atoms with E-state index in [0.717, 1.165) is 13.1 Å². The average Bonchev–Trinajstić information content (AvgIpc) is 2.69. The van der Waals surface area contributed by atoms with E-state index in [1.54, 1.807) is 0 Å². The van der Waals surface area contributed by atoms with E-state index < -0.39 is 0 Å². The van der Waals surface area contributed by atoms with Crippen LogP contribution >= 0.6 is 12.4 Å². The Labute approximate surface area is 177 Å². The van der Waals surface area contributed by atoms with Crippen molar-refractivity contribution in [2.24, 2.45) is 17.6 Å². The van der Waals surface area contributed by atoms with Crippen molar-refractivity contribution in [3.8, 4) is 0 Å². The maximum absolute atomic E-state index is 6.00. The van der Waals surface area contributed by atoms with E-state index in [4.69, 9.17) is 5.73 Å². The number of rotatable bonds is 4. The summed E-state index contributed by atoms with van der Waals surface area (Å²) in [5.41, 5.74) is 8.69. The lowest BCUT2D eigenvalue weighted by molar-refractivity contribution is 0.250. The summed E-state index contributed by atoms with van der Waals surface area (Å²) in [5, 5.41) is 7.24. The van der Waals surface area contributed by atoms with Crippen LogP contribution in [0.1, 0.15) is 57.8 Å². The van der Waals surface area contributed by atoms with Crippen molar-refractivity contribution in [3.63, 3.8) is 0 Å². The first-order chi connectivity index (χ1) is 12.8. The van der Waals surface area contributed by atoms with Gasteiger partial charge in [-0.2, -0.15) is 0 Å². The Hall–Kier alpha value is -1.39. The summed E-state index contributed by atoms with van der Waals surface area (Å²) in [6.07, 6.45) is 0. The van der Waals surface area contributed by atoms with Crippen LogP contribution < -0.4 is 16.4 Å². The molecule has 1 aliphatic heterocycles. The van der Waals surface area contributed by atoms with E-state index in [1.807, 2.05) is 0 Å². The lowest BCUT2D eigenvalue weighted by Crippen LogP contribution is -2.46. The van der Waals surface area contributed by atoms with E-state index in [1.165, 1.54) is 11.1 Å². The van der Waals surface area contributed by atoms with Crippen molar-refractivity contribution in [3.05, 3.63) is 71.8 Å². The van der Waals surface area contributed by atoms with E-state index in [0.29, 0.717) is 23.9 Å². The Morgan fingerprint density at radius 2 is 1.07 bits per heavy atom. The van der Waals surface area contributed by atoms with Gasteiger partial charge in [-0.05, 0) is 29.9 Å². The molecule has 0 bridgehead atoms. The lowest BCUT2D eigenvalue weighted by Gasteiger charge is -2.34. The zero-order valence-electron chi connectivity index (χ0n) is 18.0. The van der Waals surface area contributed by atoms with Crippen LogP contribution in [-0.4, -0.2) is 18.6 Å². The third-order valence-corrected chi connectivity index (χ3v) is 5.99. The number of halogens is 1. The normalized spacial score (nSPS) is 19.6. The van der Waals surface area contributed by atoms with Gasteiger partial charge in [0.2, 0.25) is 0 Å². The molecule has 4 N–H and O–H groups in total. The lowest BCUT2D eigenvalue weighted by atomic mass is 9.80. The average molecular weight is 404 g/mol. The summed E-state index contributed by atoms with van der Waals surface area (Å²) in [4.78, 5) is 0. The van der Waals surface area contributed by atoms with Crippen LogP contribution in [-0.2, 0) is 0 Å². The fraction of sp³-hybridized carbons (Fsp3) is 0.500. The summed E-state index contributed by atoms with van der Waals surface area (Å²) < 4.78 is 0. The first-order valence-corrected chi connectivity index (χ1v) is 10.2. The molecule has 2 aromatic carbocycles. The molecule has 1 fully saturated rings. The maximum atomic E-state index is 6.00. The number of hydrogen-bond acceptors (Lipinski definition) is 3. The molecular formula is C24H38ClN3. The van der Waals surface area contributed by atoms with Crippen molar-refractivity contribution in [1.82, 2.24) is 10.6 Å². The Morgan fingerprint density at radius 3 is 1.32 bits per heavy atom. The molecule has 28 heavy (non-hydrogen) atoms. The zero-order valence-corrected chi connectivity index (χ0v) is 18.8. The van der Waals surface area contributed by atoms with Crippen LogP contribution in [0.25, 0.3) is 0 Å². The molecule has 1 saturated heterocycles. The van der Waals surface area contributed by atoms with Crippen molar-refractivity contribution >= 4 is 12.4 Å². The maximum Gasteiger partial charge on any atom is 0.0518 e. The summed E-state index contributed by atoms with van der Waals surface area (Å²) in [5.74, 6) is 1.13. The highest BCUT2D eigenvalue weighted by atomic mass is 35.5. The Morgan fingerprint density at radius 1 is 0.750 bits per heavy atom. The van der Waals surface area contributed by atoms with Crippen LogP contribution in [0.3, 0.4) is 0 Å². The topological polar surface area (TPSA) is 50.1 Å². The smallest absolute Gasteiger partial charge is 0.0518 e. The van der Waals surface area contributed by atoms with Gasteiger partial charge >= 0.3 is 0 Å². The minimum absolute atomic E-state index is 0. The molecule has 0 amide bonds. The molecule has 2 aromatic rings. The summed E-state index contributed by atoms with van der Waals surface area (Å²) in [6.45, 7) is 12.8. The Kier molecular flexibility index (Phi) is 10.2. The standard InChI is InChI=1S/C16H18N2.C8H19N.ClH/c1-3-7-13(8-4-1)15-16(18-12-11-17-15)14-9-5-2-6-10-14;1-6(2)8(5,9)7(3)4;/h1-10,15-18H,11-12H2;6-7H,9H2,1-5H3;1H. The van der Waals surface area contributed by atoms with Crippen LogP contribution in [0.2, 0.25) is 0 Å². The highest BCUT2D eigenvalue weighted by Gasteiger charge is 2.27. The van der Waals surface area contributed by atoms with Gasteiger partial charge in [0.05, 0.1) is 12.1 Å². The van der Waals surface area contributed by atoms with Gasteiger partial charge in [0.1, 0.15) is 0 Å². The summed E-state index contributed by atoms with van der Waals surface area (Å²) in [6, 6.07) is 22.0. The summed E-state index contributed by atoms with van der Waals surface area (Å²) >= 11 is 0. The molecule has 0 spiro atoms. The molecule has 1 heterocycles. The molecule has 1 aliphatic rings. The number of nitrogens with one attached hydrogen (secondary N) is 2. The van der Waals surface area contributed by atoms with E-state index in [-0.39, 0.29) is 17.9 Å². The second kappa shape index (κ2) is 11.6. The minimum Gasteiger partial charge on any atom is -0.325 e. The third-order valence-electron chi connectivity index (χ3n) is 5.99. The summed E-state index contributed by atoms with van der Waals surface area (Å²) in [7, 11) is 0. The molecule has 4 heteroatoms. The highest BCUT2D eigenvalue weighted by Crippen LogP contribution is 2.30. The van der Waals surface area contributed by atoms with Crippen LogP contribution in [0.15, 0.2) is 60.7 Å². The molecule has 2 atom stereocenters. The number of piperazine rings is 1. The second-order valence-electron chi connectivity index (χ2n) is 8.36. The van der Waals surface area contributed by atoms with E-state index >= 15 is 0 Å². The van der Waals surface area contributed by atoms with Crippen molar-refractivity contribution < 1.29 is 0 Å². The third kappa shape index (κ3) is 6.59. The predicted molar refractivity (Wildman–Crippen MR) is 124 cm³/mol. The quantitative estimate of drug-likeness (QED) is 0.665. The van der Waals surface area contributed by atoms with Gasteiger partial charge in [0.15, 0.2) is 0 Å². The van der Waals surface area contributed by atoms with Gasteiger partial charge < -0.3 is 16.4 Å². The molecule has 0 aromatic heterocycles. The Bertz CT molecular complexity index is 599. The van der Waals surface area contributed by atoms with E-state index in [9.17, 15) is 0 Å². The van der Waals surface area contributed by atoms with Gasteiger partial charge in [-0.3, -0.25) is 0 Å². The van der Waals surface area contributed by atoms with Gasteiger partial charge in [0, 0.05) is 18.6 Å². The van der Waals surface area contributed by atoms with Crippen LogP contribution in [0.5, 0.6) is 0 Å². The van der Waals surface area contributed by atoms with Crippen molar-refractivity contribution in [2.75, 3.05) is 13.1 Å². The van der Waals surface area contributed by atoms with Crippen LogP contribution in [0, 0.1) is 11.8 Å². The molecule has 0 saturated carbocycles. The molecule has 0 aliphatic carbocycles. The first kappa shape index (κ1) is 24.6. The predicted octanol–water partition coefficient (Wildman–Crippen LogP) is 5.10. The molecular weight excluding hydrogens is 366 g/mol. The van der Waals surface area contributed by atoms with Crippen LogP contribution in [0.4, 0.5) is 0 Å². The first-order valence-electron chi connectivity index (χ1n) is 10.2. The highest BCUT2D eigenvalue weighted by molar-refractivity contribution is 5.85. The van der Waals surface area contributed by atoms with Crippen molar-refractivity contribution in [1.29, 1.82) is 0 Å². The van der Waals surface area contributed by atoms with Gasteiger partial charge in [0.25, 0.3) is 0 Å². The number of benzene rings is 2. The molecule has 0 radical (unpaired) electrons. The van der Waals surface area contributed by atoms with Gasteiger partial charge in [-0.15, -0.1) is 12.4 Å². The van der Waals surface area contributed by atoms with Gasteiger partial charge in [-0.1, -0.05) is 88.4 Å².